The summed E-state index contributed by atoms with van der Waals surface area (Å²) in [5.74, 6) is 4.42. The van der Waals surface area contributed by atoms with Crippen molar-refractivity contribution in [2.75, 3.05) is 11.5 Å². The van der Waals surface area contributed by atoms with Crippen molar-refractivity contribution in [3.63, 3.8) is 0 Å². The van der Waals surface area contributed by atoms with Crippen LogP contribution in [0.1, 0.15) is 25.7 Å². The molecule has 2 fully saturated rings. The van der Waals surface area contributed by atoms with Gasteiger partial charge in [-0.15, -0.1) is 0 Å². The van der Waals surface area contributed by atoms with Gasteiger partial charge in [-0.05, 0) is 42.6 Å². The summed E-state index contributed by atoms with van der Waals surface area (Å²) in [6.07, 6.45) is 5.62. The highest BCUT2D eigenvalue weighted by Gasteiger charge is 2.31. The van der Waals surface area contributed by atoms with E-state index in [9.17, 15) is 0 Å². The van der Waals surface area contributed by atoms with Gasteiger partial charge in [-0.2, -0.15) is 11.8 Å². The Morgan fingerprint density at radius 3 is 2.45 bits per heavy atom. The molecule has 1 aliphatic carbocycles. The quantitative estimate of drug-likeness (QED) is 0.686. The third-order valence-electron chi connectivity index (χ3n) is 3.20. The van der Waals surface area contributed by atoms with Crippen LogP contribution in [0.15, 0.2) is 0 Å². The largest absolute Gasteiger partial charge is 0.327 e. The van der Waals surface area contributed by atoms with Gasteiger partial charge in [0.25, 0.3) is 0 Å². The van der Waals surface area contributed by atoms with E-state index >= 15 is 0 Å². The molecule has 0 radical (unpaired) electrons. The van der Waals surface area contributed by atoms with Gasteiger partial charge in [-0.1, -0.05) is 6.42 Å². The van der Waals surface area contributed by atoms with Gasteiger partial charge in [0.2, 0.25) is 0 Å². The normalized spacial score (nSPS) is 35.2. The third-order valence-corrected chi connectivity index (χ3v) is 4.39. The monoisotopic (exact) mass is 171 g/mol. The van der Waals surface area contributed by atoms with Gasteiger partial charge >= 0.3 is 0 Å². The van der Waals surface area contributed by atoms with Crippen LogP contribution in [-0.2, 0) is 0 Å². The first-order chi connectivity index (χ1) is 5.38. The molecular formula is C9H17NS. The molecule has 2 aliphatic rings. The molecule has 2 atom stereocenters. The summed E-state index contributed by atoms with van der Waals surface area (Å²) in [4.78, 5) is 0. The van der Waals surface area contributed by atoms with Crippen LogP contribution in [0.2, 0.25) is 0 Å². The lowest BCUT2D eigenvalue weighted by molar-refractivity contribution is 0.218. The minimum Gasteiger partial charge on any atom is -0.327 e. The van der Waals surface area contributed by atoms with Crippen LogP contribution in [-0.4, -0.2) is 17.5 Å². The second kappa shape index (κ2) is 3.36. The fourth-order valence-corrected chi connectivity index (χ4v) is 3.39. The maximum absolute atomic E-state index is 6.17. The average Bonchev–Trinajstić information content (AvgIpc) is 2.32. The molecule has 0 amide bonds. The summed E-state index contributed by atoms with van der Waals surface area (Å²) in [6, 6.07) is 0.541. The van der Waals surface area contributed by atoms with Crippen molar-refractivity contribution in [2.45, 2.75) is 31.7 Å². The van der Waals surface area contributed by atoms with Gasteiger partial charge in [0, 0.05) is 6.04 Å². The molecule has 0 spiro atoms. The standard InChI is InChI=1S/C9H17NS/c10-9(7-2-1-3-7)8-4-5-11-6-8/h7-9H,1-6,10H2. The zero-order valence-corrected chi connectivity index (χ0v) is 7.78. The minimum absolute atomic E-state index is 0.541. The molecule has 1 aliphatic heterocycles. The van der Waals surface area contributed by atoms with Crippen molar-refractivity contribution in [2.24, 2.45) is 17.6 Å². The van der Waals surface area contributed by atoms with E-state index in [1.54, 1.807) is 0 Å². The Morgan fingerprint density at radius 2 is 2.00 bits per heavy atom. The molecule has 1 nitrogen and oxygen atoms in total. The maximum Gasteiger partial charge on any atom is 0.0104 e. The zero-order valence-electron chi connectivity index (χ0n) is 6.96. The molecule has 2 unspecified atom stereocenters. The molecule has 2 rings (SSSR count). The summed E-state index contributed by atoms with van der Waals surface area (Å²) in [6.45, 7) is 0. The number of hydrogen-bond donors (Lipinski definition) is 1. The van der Waals surface area contributed by atoms with E-state index in [1.165, 1.54) is 37.2 Å². The highest BCUT2D eigenvalue weighted by Crippen LogP contribution is 2.36. The van der Waals surface area contributed by atoms with Crippen molar-refractivity contribution in [1.29, 1.82) is 0 Å². The first-order valence-electron chi connectivity index (χ1n) is 4.71. The van der Waals surface area contributed by atoms with Gasteiger partial charge < -0.3 is 5.73 Å². The fraction of sp³-hybridized carbons (Fsp3) is 1.00. The van der Waals surface area contributed by atoms with Crippen LogP contribution in [0.3, 0.4) is 0 Å². The molecule has 1 heterocycles. The van der Waals surface area contributed by atoms with Crippen LogP contribution < -0.4 is 5.73 Å². The molecule has 1 saturated heterocycles. The summed E-state index contributed by atoms with van der Waals surface area (Å²) in [7, 11) is 0. The molecule has 2 N–H and O–H groups in total. The van der Waals surface area contributed by atoms with Crippen LogP contribution in [0, 0.1) is 11.8 Å². The Kier molecular flexibility index (Phi) is 2.42. The van der Waals surface area contributed by atoms with E-state index in [0.29, 0.717) is 6.04 Å². The SMILES string of the molecule is NC(C1CCC1)C1CCSC1. The van der Waals surface area contributed by atoms with Crippen molar-refractivity contribution in [3.05, 3.63) is 0 Å². The summed E-state index contributed by atoms with van der Waals surface area (Å²) in [5.41, 5.74) is 6.17. The van der Waals surface area contributed by atoms with Crippen LogP contribution >= 0.6 is 11.8 Å². The summed E-state index contributed by atoms with van der Waals surface area (Å²) < 4.78 is 0. The van der Waals surface area contributed by atoms with Crippen molar-refractivity contribution in [3.8, 4) is 0 Å². The molecular weight excluding hydrogens is 154 g/mol. The Bertz CT molecular complexity index is 128. The van der Waals surface area contributed by atoms with Gasteiger partial charge in [-0.3, -0.25) is 0 Å². The molecule has 2 heteroatoms. The van der Waals surface area contributed by atoms with E-state index in [0.717, 1.165) is 11.8 Å². The second-order valence-electron chi connectivity index (χ2n) is 3.89. The predicted molar refractivity (Wildman–Crippen MR) is 50.7 cm³/mol. The number of rotatable bonds is 2. The van der Waals surface area contributed by atoms with E-state index in [4.69, 9.17) is 5.73 Å². The predicted octanol–water partition coefficient (Wildman–Crippen LogP) is 1.87. The Hall–Kier alpha value is 0.310. The molecule has 0 aromatic heterocycles. The number of nitrogens with two attached hydrogens (primary N) is 1. The molecule has 0 bridgehead atoms. The molecule has 1 saturated carbocycles. The van der Waals surface area contributed by atoms with Gasteiger partial charge in [0.1, 0.15) is 0 Å². The molecule has 11 heavy (non-hydrogen) atoms. The van der Waals surface area contributed by atoms with E-state index in [2.05, 4.69) is 11.8 Å². The molecule has 0 aromatic rings. The van der Waals surface area contributed by atoms with Gasteiger partial charge in [0.05, 0.1) is 0 Å². The Balaban J connectivity index is 1.82. The molecule has 64 valence electrons. The van der Waals surface area contributed by atoms with Crippen molar-refractivity contribution in [1.82, 2.24) is 0 Å². The highest BCUT2D eigenvalue weighted by molar-refractivity contribution is 7.99. The van der Waals surface area contributed by atoms with Crippen molar-refractivity contribution < 1.29 is 0 Å². The minimum atomic E-state index is 0.541. The highest BCUT2D eigenvalue weighted by atomic mass is 32.2. The lowest BCUT2D eigenvalue weighted by Gasteiger charge is -2.34. The average molecular weight is 171 g/mol. The second-order valence-corrected chi connectivity index (χ2v) is 5.04. The van der Waals surface area contributed by atoms with Crippen molar-refractivity contribution >= 4 is 11.8 Å². The van der Waals surface area contributed by atoms with Gasteiger partial charge in [-0.25, -0.2) is 0 Å². The Labute approximate surface area is 73.1 Å². The Morgan fingerprint density at radius 1 is 1.18 bits per heavy atom. The topological polar surface area (TPSA) is 26.0 Å². The third kappa shape index (κ3) is 1.57. The smallest absolute Gasteiger partial charge is 0.0104 e. The summed E-state index contributed by atoms with van der Waals surface area (Å²) in [5, 5.41) is 0. The van der Waals surface area contributed by atoms with Gasteiger partial charge in [0.15, 0.2) is 0 Å². The van der Waals surface area contributed by atoms with E-state index < -0.39 is 0 Å². The van der Waals surface area contributed by atoms with Crippen LogP contribution in [0.4, 0.5) is 0 Å². The number of thioether (sulfide) groups is 1. The lowest BCUT2D eigenvalue weighted by Crippen LogP contribution is -2.40. The lowest BCUT2D eigenvalue weighted by atomic mass is 9.75. The van der Waals surface area contributed by atoms with Crippen LogP contribution in [0.25, 0.3) is 0 Å². The zero-order chi connectivity index (χ0) is 7.68. The first kappa shape index (κ1) is 7.93. The first-order valence-corrected chi connectivity index (χ1v) is 5.87. The van der Waals surface area contributed by atoms with Crippen LogP contribution in [0.5, 0.6) is 0 Å². The van der Waals surface area contributed by atoms with E-state index in [-0.39, 0.29) is 0 Å². The number of hydrogen-bond acceptors (Lipinski definition) is 2. The fourth-order valence-electron chi connectivity index (χ4n) is 2.07. The summed E-state index contributed by atoms with van der Waals surface area (Å²) >= 11 is 2.08. The molecule has 0 aromatic carbocycles. The van der Waals surface area contributed by atoms with E-state index in [1.807, 2.05) is 0 Å². The maximum atomic E-state index is 6.17.